The lowest BCUT2D eigenvalue weighted by molar-refractivity contribution is -0.152. The Morgan fingerprint density at radius 1 is 1.26 bits per heavy atom. The molecule has 23 heavy (non-hydrogen) atoms. The number of rotatable bonds is 3. The fourth-order valence-electron chi connectivity index (χ4n) is 2.79. The van der Waals surface area contributed by atoms with Crippen molar-refractivity contribution in [3.63, 3.8) is 0 Å². The maximum Gasteiger partial charge on any atom is 0.309 e. The number of amides is 2. The van der Waals surface area contributed by atoms with E-state index in [1.807, 2.05) is 12.2 Å². The highest BCUT2D eigenvalue weighted by Gasteiger charge is 2.28. The third-order valence-corrected chi connectivity index (χ3v) is 4.01. The van der Waals surface area contributed by atoms with Crippen LogP contribution in [0.25, 0.3) is 0 Å². The normalized spacial score (nSPS) is 19.7. The number of hydrogen-bond acceptors (Lipinski definition) is 4. The van der Waals surface area contributed by atoms with Gasteiger partial charge >= 0.3 is 5.97 Å². The van der Waals surface area contributed by atoms with Crippen LogP contribution >= 0.6 is 0 Å². The number of ether oxygens (including phenoxy) is 1. The van der Waals surface area contributed by atoms with Crippen LogP contribution in [0.1, 0.15) is 19.3 Å². The van der Waals surface area contributed by atoms with E-state index in [-0.39, 0.29) is 30.9 Å². The Balaban J connectivity index is 1.63. The quantitative estimate of drug-likeness (QED) is 0.682. The standard InChI is InChI=1S/C17H18N2O4/c20-15-10-19(14-9-5-4-8-13(14)18-15)16(21)11-23-17(22)12-6-2-1-3-7-12/h1-2,4-5,8-9,12H,3,6-7,10-11H2,(H,18,20)/t12-/m1/s1. The van der Waals surface area contributed by atoms with E-state index in [0.29, 0.717) is 17.8 Å². The van der Waals surface area contributed by atoms with Gasteiger partial charge in [0.15, 0.2) is 6.61 Å². The Hall–Kier alpha value is -2.63. The molecule has 1 aromatic carbocycles. The molecular formula is C17H18N2O4. The van der Waals surface area contributed by atoms with Crippen LogP contribution in [0.4, 0.5) is 11.4 Å². The van der Waals surface area contributed by atoms with Gasteiger partial charge in [-0.2, -0.15) is 0 Å². The fraction of sp³-hybridized carbons (Fsp3) is 0.353. The number of nitrogens with zero attached hydrogens (tertiary/aromatic N) is 1. The molecule has 1 atom stereocenters. The molecule has 0 unspecified atom stereocenters. The largest absolute Gasteiger partial charge is 0.455 e. The molecule has 1 aliphatic carbocycles. The first kappa shape index (κ1) is 15.3. The van der Waals surface area contributed by atoms with Gasteiger partial charge in [-0.25, -0.2) is 0 Å². The summed E-state index contributed by atoms with van der Waals surface area (Å²) in [6.07, 6.45) is 6.26. The summed E-state index contributed by atoms with van der Waals surface area (Å²) in [5.41, 5.74) is 1.20. The molecule has 0 saturated heterocycles. The number of benzene rings is 1. The molecule has 3 rings (SSSR count). The highest BCUT2D eigenvalue weighted by molar-refractivity contribution is 6.10. The van der Waals surface area contributed by atoms with Gasteiger partial charge in [0.2, 0.25) is 5.91 Å². The molecule has 2 amide bonds. The second-order valence-electron chi connectivity index (χ2n) is 5.63. The van der Waals surface area contributed by atoms with Gasteiger partial charge in [0.05, 0.1) is 17.3 Å². The summed E-state index contributed by atoms with van der Waals surface area (Å²) in [6, 6.07) is 7.05. The summed E-state index contributed by atoms with van der Waals surface area (Å²) in [7, 11) is 0. The molecule has 0 spiro atoms. The molecular weight excluding hydrogens is 296 g/mol. The van der Waals surface area contributed by atoms with E-state index in [2.05, 4.69) is 5.32 Å². The predicted molar refractivity (Wildman–Crippen MR) is 84.9 cm³/mol. The van der Waals surface area contributed by atoms with Crippen molar-refractivity contribution in [3.8, 4) is 0 Å². The van der Waals surface area contributed by atoms with Crippen molar-refractivity contribution in [2.75, 3.05) is 23.4 Å². The Morgan fingerprint density at radius 3 is 2.87 bits per heavy atom. The minimum Gasteiger partial charge on any atom is -0.455 e. The van der Waals surface area contributed by atoms with Crippen molar-refractivity contribution in [3.05, 3.63) is 36.4 Å². The Labute approximate surface area is 134 Å². The lowest BCUT2D eigenvalue weighted by Crippen LogP contribution is -2.44. The summed E-state index contributed by atoms with van der Waals surface area (Å²) in [5, 5.41) is 2.71. The zero-order valence-electron chi connectivity index (χ0n) is 12.7. The molecule has 6 heteroatoms. The summed E-state index contributed by atoms with van der Waals surface area (Å²) < 4.78 is 5.15. The third-order valence-electron chi connectivity index (χ3n) is 4.01. The molecule has 1 heterocycles. The molecule has 1 N–H and O–H groups in total. The van der Waals surface area contributed by atoms with Crippen LogP contribution in [0.15, 0.2) is 36.4 Å². The van der Waals surface area contributed by atoms with E-state index >= 15 is 0 Å². The first-order valence-corrected chi connectivity index (χ1v) is 7.66. The van der Waals surface area contributed by atoms with E-state index in [9.17, 15) is 14.4 Å². The van der Waals surface area contributed by atoms with Gasteiger partial charge in [-0.15, -0.1) is 0 Å². The second kappa shape index (κ2) is 6.64. The maximum atomic E-state index is 12.3. The summed E-state index contributed by atoms with van der Waals surface area (Å²) >= 11 is 0. The summed E-state index contributed by atoms with van der Waals surface area (Å²) in [6.45, 7) is -0.416. The number of esters is 1. The van der Waals surface area contributed by atoms with Gasteiger partial charge in [0, 0.05) is 0 Å². The molecule has 120 valence electrons. The van der Waals surface area contributed by atoms with Crippen LogP contribution in [-0.2, 0) is 19.1 Å². The SMILES string of the molecule is O=C1CN(C(=O)COC(=O)[C@@H]2CC=CCC2)c2ccccc2N1. The topological polar surface area (TPSA) is 75.7 Å². The number of nitrogens with one attached hydrogen (secondary N) is 1. The van der Waals surface area contributed by atoms with E-state index in [1.54, 1.807) is 24.3 Å². The van der Waals surface area contributed by atoms with Crippen molar-refractivity contribution >= 4 is 29.2 Å². The van der Waals surface area contributed by atoms with Crippen LogP contribution in [0, 0.1) is 5.92 Å². The molecule has 0 aromatic heterocycles. The fourth-order valence-corrected chi connectivity index (χ4v) is 2.79. The van der Waals surface area contributed by atoms with Crippen molar-refractivity contribution < 1.29 is 19.1 Å². The van der Waals surface area contributed by atoms with Crippen LogP contribution in [-0.4, -0.2) is 30.9 Å². The average Bonchev–Trinajstić information content (AvgIpc) is 2.59. The highest BCUT2D eigenvalue weighted by atomic mass is 16.5. The molecule has 6 nitrogen and oxygen atoms in total. The van der Waals surface area contributed by atoms with Gasteiger partial charge in [0.25, 0.3) is 5.91 Å². The van der Waals surface area contributed by atoms with Crippen molar-refractivity contribution in [2.45, 2.75) is 19.3 Å². The van der Waals surface area contributed by atoms with Crippen LogP contribution in [0.3, 0.4) is 0 Å². The zero-order valence-corrected chi connectivity index (χ0v) is 12.7. The second-order valence-corrected chi connectivity index (χ2v) is 5.63. The summed E-state index contributed by atoms with van der Waals surface area (Å²) in [4.78, 5) is 37.4. The first-order valence-electron chi connectivity index (χ1n) is 7.66. The number of hydrogen-bond donors (Lipinski definition) is 1. The number of fused-ring (bicyclic) bond motifs is 1. The smallest absolute Gasteiger partial charge is 0.309 e. The van der Waals surface area contributed by atoms with Gasteiger partial charge in [-0.05, 0) is 31.4 Å². The zero-order chi connectivity index (χ0) is 16.2. The molecule has 0 bridgehead atoms. The Morgan fingerprint density at radius 2 is 2.09 bits per heavy atom. The van der Waals surface area contributed by atoms with E-state index < -0.39 is 5.91 Å². The number of carbonyl (C=O) groups excluding carboxylic acids is 3. The maximum absolute atomic E-state index is 12.3. The minimum atomic E-state index is -0.396. The third kappa shape index (κ3) is 3.41. The number of para-hydroxylation sites is 2. The summed E-state index contributed by atoms with van der Waals surface area (Å²) in [5.74, 6) is -1.19. The van der Waals surface area contributed by atoms with Crippen molar-refractivity contribution in [1.82, 2.24) is 0 Å². The number of allylic oxidation sites excluding steroid dienone is 2. The average molecular weight is 314 g/mol. The van der Waals surface area contributed by atoms with Crippen molar-refractivity contribution in [2.24, 2.45) is 5.92 Å². The van der Waals surface area contributed by atoms with Gasteiger partial charge < -0.3 is 10.1 Å². The van der Waals surface area contributed by atoms with E-state index in [4.69, 9.17) is 4.74 Å². The van der Waals surface area contributed by atoms with Gasteiger partial charge in [-0.3, -0.25) is 19.3 Å². The lowest BCUT2D eigenvalue weighted by atomic mass is 9.95. The molecule has 1 aromatic rings. The Bertz CT molecular complexity index is 668. The first-order chi connectivity index (χ1) is 11.1. The van der Waals surface area contributed by atoms with Crippen LogP contribution in [0.5, 0.6) is 0 Å². The molecule has 1 aliphatic heterocycles. The molecule has 0 radical (unpaired) electrons. The monoisotopic (exact) mass is 314 g/mol. The predicted octanol–water partition coefficient (Wildman–Crippen LogP) is 1.87. The lowest BCUT2D eigenvalue weighted by Gasteiger charge is -2.29. The highest BCUT2D eigenvalue weighted by Crippen LogP contribution is 2.29. The minimum absolute atomic E-state index is 0.0699. The van der Waals surface area contributed by atoms with E-state index in [1.165, 1.54) is 4.90 Å². The number of anilines is 2. The van der Waals surface area contributed by atoms with Gasteiger partial charge in [0.1, 0.15) is 6.54 Å². The molecule has 0 fully saturated rings. The Kier molecular flexibility index (Phi) is 4.41. The van der Waals surface area contributed by atoms with Crippen LogP contribution in [0.2, 0.25) is 0 Å². The molecule has 2 aliphatic rings. The van der Waals surface area contributed by atoms with E-state index in [0.717, 1.165) is 12.8 Å². The number of carbonyl (C=O) groups is 3. The van der Waals surface area contributed by atoms with Crippen LogP contribution < -0.4 is 10.2 Å². The molecule has 0 saturated carbocycles. The van der Waals surface area contributed by atoms with Gasteiger partial charge in [-0.1, -0.05) is 24.3 Å². The van der Waals surface area contributed by atoms with Crippen molar-refractivity contribution in [1.29, 1.82) is 0 Å².